The molecule has 7 heteroatoms. The van der Waals surface area contributed by atoms with Gasteiger partial charge in [0.15, 0.2) is 0 Å². The highest BCUT2D eigenvalue weighted by Gasteiger charge is 2.18. The van der Waals surface area contributed by atoms with Gasteiger partial charge in [-0.2, -0.15) is 0 Å². The molecule has 1 amide bonds. The van der Waals surface area contributed by atoms with Crippen LogP contribution in [-0.4, -0.2) is 53.1 Å². The predicted molar refractivity (Wildman–Crippen MR) is 139 cm³/mol. The lowest BCUT2D eigenvalue weighted by molar-refractivity contribution is 0.102. The van der Waals surface area contributed by atoms with E-state index in [0.717, 1.165) is 56.0 Å². The molecule has 0 saturated carbocycles. The number of hydrogen-bond acceptors (Lipinski definition) is 4. The number of carbonyl (C=O) groups is 1. The summed E-state index contributed by atoms with van der Waals surface area (Å²) in [6.45, 7) is 5.17. The van der Waals surface area contributed by atoms with Crippen molar-refractivity contribution in [2.24, 2.45) is 7.05 Å². The largest absolute Gasteiger partial charge is 0.369 e. The Kier molecular flexibility index (Phi) is 6.52. The molecule has 1 N–H and O–H groups in total. The van der Waals surface area contributed by atoms with Gasteiger partial charge in [-0.1, -0.05) is 41.9 Å². The number of imidazole rings is 1. The first-order valence-corrected chi connectivity index (χ1v) is 12.0. The number of hydrogen-bond donors (Lipinski definition) is 1. The zero-order valence-electron chi connectivity index (χ0n) is 19.2. The van der Waals surface area contributed by atoms with Gasteiger partial charge < -0.3 is 14.8 Å². The Morgan fingerprint density at radius 2 is 1.71 bits per heavy atom. The van der Waals surface area contributed by atoms with Gasteiger partial charge in [0.05, 0.1) is 21.6 Å². The summed E-state index contributed by atoms with van der Waals surface area (Å²) in [7, 11) is 2.06. The van der Waals surface area contributed by atoms with Gasteiger partial charge in [0.1, 0.15) is 5.82 Å². The number of anilines is 2. The summed E-state index contributed by atoms with van der Waals surface area (Å²) in [5.41, 5.74) is 4.40. The van der Waals surface area contributed by atoms with E-state index in [1.54, 1.807) is 18.2 Å². The summed E-state index contributed by atoms with van der Waals surface area (Å²) in [6.07, 6.45) is 0.887. The summed E-state index contributed by atoms with van der Waals surface area (Å²) in [6, 6.07) is 23.5. The molecule has 1 fully saturated rings. The van der Waals surface area contributed by atoms with Crippen molar-refractivity contribution in [2.75, 3.05) is 42.9 Å². The van der Waals surface area contributed by atoms with Crippen LogP contribution in [0, 0.1) is 0 Å². The molecule has 2 heterocycles. The van der Waals surface area contributed by atoms with Gasteiger partial charge in [-0.3, -0.25) is 9.69 Å². The number of carbonyl (C=O) groups excluding carboxylic acids is 1. The van der Waals surface area contributed by atoms with Gasteiger partial charge >= 0.3 is 0 Å². The van der Waals surface area contributed by atoms with Crippen molar-refractivity contribution in [1.82, 2.24) is 14.5 Å². The van der Waals surface area contributed by atoms with E-state index in [1.165, 1.54) is 5.69 Å². The summed E-state index contributed by atoms with van der Waals surface area (Å²) in [5, 5.41) is 3.37. The molecule has 6 nitrogen and oxygen atoms in total. The van der Waals surface area contributed by atoms with E-state index >= 15 is 0 Å². The van der Waals surface area contributed by atoms with Gasteiger partial charge in [0, 0.05) is 57.6 Å². The lowest BCUT2D eigenvalue weighted by atomic mass is 10.2. The van der Waals surface area contributed by atoms with Gasteiger partial charge in [-0.05, 0) is 42.5 Å². The molecule has 0 bridgehead atoms. The van der Waals surface area contributed by atoms with E-state index in [1.807, 2.05) is 24.3 Å². The van der Waals surface area contributed by atoms with E-state index in [4.69, 9.17) is 16.6 Å². The number of nitrogens with one attached hydrogen (secondary N) is 1. The first-order chi connectivity index (χ1) is 16.6. The molecule has 0 atom stereocenters. The average Bonchev–Trinajstić information content (AvgIpc) is 3.18. The highest BCUT2D eigenvalue weighted by molar-refractivity contribution is 6.34. The fourth-order valence-electron chi connectivity index (χ4n) is 4.52. The highest BCUT2D eigenvalue weighted by atomic mass is 35.5. The first-order valence-electron chi connectivity index (χ1n) is 11.6. The predicted octanol–water partition coefficient (Wildman–Crippen LogP) is 4.84. The molecule has 0 aliphatic carbocycles. The maximum Gasteiger partial charge on any atom is 0.257 e. The molecule has 5 rings (SSSR count). The smallest absolute Gasteiger partial charge is 0.257 e. The number of aromatic nitrogens is 2. The molecule has 34 heavy (non-hydrogen) atoms. The molecule has 0 unspecified atom stereocenters. The number of para-hydroxylation sites is 1. The van der Waals surface area contributed by atoms with Gasteiger partial charge in [-0.25, -0.2) is 4.98 Å². The topological polar surface area (TPSA) is 53.4 Å². The Bertz CT molecular complexity index is 1300. The summed E-state index contributed by atoms with van der Waals surface area (Å²) >= 11 is 6.16. The number of amides is 1. The van der Waals surface area contributed by atoms with Crippen LogP contribution in [0.4, 0.5) is 11.4 Å². The number of fused-ring (bicyclic) bond motifs is 1. The van der Waals surface area contributed by atoms with Crippen molar-refractivity contribution in [3.8, 4) is 0 Å². The molecule has 4 aromatic rings. The Morgan fingerprint density at radius 3 is 2.47 bits per heavy atom. The highest BCUT2D eigenvalue weighted by Crippen LogP contribution is 2.22. The van der Waals surface area contributed by atoms with Crippen molar-refractivity contribution < 1.29 is 4.79 Å². The molecule has 1 saturated heterocycles. The number of benzene rings is 3. The minimum Gasteiger partial charge on any atom is -0.369 e. The second-order valence-electron chi connectivity index (χ2n) is 8.64. The normalized spacial score (nSPS) is 14.5. The molecular formula is C27H28ClN5O. The maximum atomic E-state index is 12.6. The summed E-state index contributed by atoms with van der Waals surface area (Å²) in [5.74, 6) is 0.825. The minimum atomic E-state index is -0.226. The molecule has 1 aliphatic heterocycles. The summed E-state index contributed by atoms with van der Waals surface area (Å²) < 4.78 is 2.15. The number of rotatable bonds is 6. The Labute approximate surface area is 204 Å². The Morgan fingerprint density at radius 1 is 0.971 bits per heavy atom. The number of halogens is 1. The van der Waals surface area contributed by atoms with E-state index < -0.39 is 0 Å². The van der Waals surface area contributed by atoms with E-state index in [2.05, 4.69) is 57.1 Å². The lowest BCUT2D eigenvalue weighted by Crippen LogP contribution is -2.47. The van der Waals surface area contributed by atoms with Crippen LogP contribution < -0.4 is 10.2 Å². The molecule has 1 aromatic heterocycles. The third-order valence-electron chi connectivity index (χ3n) is 6.50. The molecule has 0 spiro atoms. The van der Waals surface area contributed by atoms with Crippen LogP contribution in [0.3, 0.4) is 0 Å². The summed E-state index contributed by atoms with van der Waals surface area (Å²) in [4.78, 5) is 22.4. The molecule has 3 aromatic carbocycles. The fraction of sp³-hybridized carbons (Fsp3) is 0.259. The zero-order valence-corrected chi connectivity index (χ0v) is 20.0. The second kappa shape index (κ2) is 9.87. The van der Waals surface area contributed by atoms with Crippen molar-refractivity contribution >= 4 is 39.9 Å². The second-order valence-corrected chi connectivity index (χ2v) is 9.05. The van der Waals surface area contributed by atoms with Crippen LogP contribution in [0.1, 0.15) is 16.2 Å². The maximum absolute atomic E-state index is 12.6. The van der Waals surface area contributed by atoms with E-state index in [-0.39, 0.29) is 5.91 Å². The minimum absolute atomic E-state index is 0.226. The molecule has 1 aliphatic rings. The Balaban J connectivity index is 1.21. The van der Waals surface area contributed by atoms with Gasteiger partial charge in [0.2, 0.25) is 0 Å². The van der Waals surface area contributed by atoms with E-state index in [9.17, 15) is 4.79 Å². The van der Waals surface area contributed by atoms with Crippen molar-refractivity contribution in [1.29, 1.82) is 0 Å². The first kappa shape index (κ1) is 22.4. The molecular weight excluding hydrogens is 446 g/mol. The van der Waals surface area contributed by atoms with Crippen LogP contribution in [-0.2, 0) is 13.5 Å². The van der Waals surface area contributed by atoms with Crippen molar-refractivity contribution in [3.63, 3.8) is 0 Å². The third kappa shape index (κ3) is 4.79. The lowest BCUT2D eigenvalue weighted by Gasteiger charge is -2.36. The number of piperazine rings is 1. The van der Waals surface area contributed by atoms with Crippen LogP contribution in [0.25, 0.3) is 11.0 Å². The molecule has 174 valence electrons. The van der Waals surface area contributed by atoms with Crippen molar-refractivity contribution in [3.05, 3.63) is 89.2 Å². The third-order valence-corrected chi connectivity index (χ3v) is 6.82. The quantitative estimate of drug-likeness (QED) is 0.435. The monoisotopic (exact) mass is 473 g/mol. The standard InChI is InChI=1S/C27H28ClN5O/c1-31-25-12-11-20(29-27(34)22-9-5-6-10-23(22)28)19-24(25)30-26(31)13-14-32-15-17-33(18-16-32)21-7-3-2-4-8-21/h2-12,19H,13-18H2,1H3,(H,29,34). The molecule has 0 radical (unpaired) electrons. The van der Waals surface area contributed by atoms with E-state index in [0.29, 0.717) is 16.3 Å². The number of nitrogens with zero attached hydrogens (tertiary/aromatic N) is 4. The average molecular weight is 474 g/mol. The number of aryl methyl sites for hydroxylation is 1. The van der Waals surface area contributed by atoms with Crippen LogP contribution in [0.15, 0.2) is 72.8 Å². The zero-order chi connectivity index (χ0) is 23.5. The van der Waals surface area contributed by atoms with Crippen molar-refractivity contribution in [2.45, 2.75) is 6.42 Å². The SMILES string of the molecule is Cn1c(CCN2CCN(c3ccccc3)CC2)nc2cc(NC(=O)c3ccccc3Cl)ccc21. The van der Waals surface area contributed by atoms with Crippen LogP contribution in [0.2, 0.25) is 5.02 Å². The van der Waals surface area contributed by atoms with Gasteiger partial charge in [0.25, 0.3) is 5.91 Å². The fourth-order valence-corrected chi connectivity index (χ4v) is 4.74. The van der Waals surface area contributed by atoms with Crippen LogP contribution >= 0.6 is 11.6 Å². The Hall–Kier alpha value is -3.35. The van der Waals surface area contributed by atoms with Crippen LogP contribution in [0.5, 0.6) is 0 Å². The van der Waals surface area contributed by atoms with Gasteiger partial charge in [-0.15, -0.1) is 0 Å².